The Balaban J connectivity index is 1.74. The van der Waals surface area contributed by atoms with E-state index in [1.54, 1.807) is 32.2 Å². The second-order valence-corrected chi connectivity index (χ2v) is 6.96. The predicted octanol–water partition coefficient (Wildman–Crippen LogP) is 2.33. The van der Waals surface area contributed by atoms with Gasteiger partial charge in [0, 0.05) is 19.7 Å². The minimum absolute atomic E-state index is 0.0979. The second-order valence-electron chi connectivity index (χ2n) is 6.96. The molecule has 10 heteroatoms. The van der Waals surface area contributed by atoms with Crippen LogP contribution in [0.1, 0.15) is 37.4 Å². The first-order valence-electron chi connectivity index (χ1n) is 9.77. The number of carbonyl (C=O) groups is 1. The smallest absolute Gasteiger partial charge is 0.257 e. The average Bonchev–Trinajstić information content (AvgIpc) is 3.22. The molecular weight excluding hydrogens is 398 g/mol. The molecule has 0 saturated carbocycles. The summed E-state index contributed by atoms with van der Waals surface area (Å²) in [4.78, 5) is 22.5. The van der Waals surface area contributed by atoms with Crippen molar-refractivity contribution in [3.05, 3.63) is 65.6 Å². The van der Waals surface area contributed by atoms with Crippen LogP contribution in [-0.2, 0) is 28.0 Å². The molecule has 0 aliphatic rings. The van der Waals surface area contributed by atoms with Gasteiger partial charge < -0.3 is 14.9 Å². The van der Waals surface area contributed by atoms with Gasteiger partial charge in [0.1, 0.15) is 11.4 Å². The number of nitrogens with one attached hydrogen (secondary N) is 1. The van der Waals surface area contributed by atoms with E-state index in [1.165, 1.54) is 11.8 Å². The zero-order valence-corrected chi connectivity index (χ0v) is 17.9. The van der Waals surface area contributed by atoms with Gasteiger partial charge in [-0.2, -0.15) is 0 Å². The molecule has 162 valence electrons. The maximum Gasteiger partial charge on any atom is 0.257 e. The quantitative estimate of drug-likeness (QED) is 0.415. The van der Waals surface area contributed by atoms with E-state index in [1.807, 2.05) is 37.3 Å². The highest BCUT2D eigenvalue weighted by atomic mass is 16.6. The van der Waals surface area contributed by atoms with Crippen molar-refractivity contribution in [1.82, 2.24) is 25.2 Å². The summed E-state index contributed by atoms with van der Waals surface area (Å²) in [6, 6.07) is 14.8. The van der Waals surface area contributed by atoms with E-state index in [9.17, 15) is 4.79 Å². The lowest BCUT2D eigenvalue weighted by Gasteiger charge is -2.24. The van der Waals surface area contributed by atoms with Crippen LogP contribution in [0.3, 0.4) is 0 Å². The lowest BCUT2D eigenvalue weighted by Crippen LogP contribution is -2.41. The fraction of sp³-hybridized carbons (Fsp3) is 0.333. The van der Waals surface area contributed by atoms with Crippen molar-refractivity contribution in [2.24, 2.45) is 12.2 Å². The Hall–Kier alpha value is -3.66. The molecule has 10 nitrogen and oxygen atoms in total. The van der Waals surface area contributed by atoms with Gasteiger partial charge in [0.15, 0.2) is 12.3 Å². The third-order valence-corrected chi connectivity index (χ3v) is 4.90. The molecule has 1 unspecified atom stereocenters. The number of hydrogen-bond donors (Lipinski definition) is 1. The second kappa shape index (κ2) is 9.90. The number of aryl methyl sites for hydroxylation is 1. The fourth-order valence-corrected chi connectivity index (χ4v) is 2.69. The van der Waals surface area contributed by atoms with E-state index in [0.29, 0.717) is 29.5 Å². The van der Waals surface area contributed by atoms with Crippen molar-refractivity contribution >= 4 is 17.4 Å². The maximum absolute atomic E-state index is 12.5. The number of carbonyl (C=O) groups excluding carboxylic acids is 1. The van der Waals surface area contributed by atoms with Gasteiger partial charge in [-0.15, -0.1) is 5.10 Å². The Morgan fingerprint density at radius 2 is 1.97 bits per heavy atom. The van der Waals surface area contributed by atoms with Gasteiger partial charge in [0.05, 0.1) is 5.69 Å². The number of nitrogens with zero attached hydrogens (tertiary/aromatic N) is 6. The number of hydrogen-bond acceptors (Lipinski definition) is 8. The largest absolute Gasteiger partial charge is 0.389 e. The molecule has 0 saturated heterocycles. The summed E-state index contributed by atoms with van der Waals surface area (Å²) < 4.78 is 6.85. The van der Waals surface area contributed by atoms with Gasteiger partial charge in [-0.1, -0.05) is 48.5 Å². The number of amides is 1. The van der Waals surface area contributed by atoms with Crippen LogP contribution in [0.2, 0.25) is 0 Å². The summed E-state index contributed by atoms with van der Waals surface area (Å²) in [6.07, 6.45) is 0.534. The normalized spacial score (nSPS) is 13.5. The molecule has 0 fully saturated rings. The summed E-state index contributed by atoms with van der Waals surface area (Å²) in [6.45, 7) is 3.72. The molecule has 2 heterocycles. The van der Waals surface area contributed by atoms with E-state index in [2.05, 4.69) is 31.0 Å². The molecule has 0 bridgehead atoms. The van der Waals surface area contributed by atoms with Crippen LogP contribution in [0, 0.1) is 0 Å². The summed E-state index contributed by atoms with van der Waals surface area (Å²) >= 11 is 0. The van der Waals surface area contributed by atoms with Crippen molar-refractivity contribution in [2.45, 2.75) is 32.5 Å². The van der Waals surface area contributed by atoms with Gasteiger partial charge in [-0.05, 0) is 35.9 Å². The van der Waals surface area contributed by atoms with Crippen LogP contribution in [0.15, 0.2) is 53.7 Å². The van der Waals surface area contributed by atoms with E-state index >= 15 is 0 Å². The van der Waals surface area contributed by atoms with Gasteiger partial charge in [0.25, 0.3) is 5.91 Å². The molecule has 1 N–H and O–H groups in total. The standard InChI is InChI=1S/C21H25N7O3/c1-5-21(2,30-4)20(29)23-17-13-9-12-16(22-17)14-31-25-18(15-10-7-6-8-11-15)19-24-26-27-28(19)3/h6-13H,5,14H2,1-4H3,(H,22,23,29)/b25-18-. The number of rotatable bonds is 9. The molecule has 2 aromatic heterocycles. The third-order valence-electron chi connectivity index (χ3n) is 4.90. The summed E-state index contributed by atoms with van der Waals surface area (Å²) in [5, 5.41) is 18.6. The number of pyridine rings is 1. The van der Waals surface area contributed by atoms with Crippen LogP contribution in [-0.4, -0.2) is 49.5 Å². The van der Waals surface area contributed by atoms with Gasteiger partial charge >= 0.3 is 0 Å². The van der Waals surface area contributed by atoms with Gasteiger partial charge in [-0.3, -0.25) is 4.79 Å². The zero-order valence-electron chi connectivity index (χ0n) is 17.9. The molecule has 1 amide bonds. The first-order valence-corrected chi connectivity index (χ1v) is 9.77. The summed E-state index contributed by atoms with van der Waals surface area (Å²) in [5.41, 5.74) is 0.984. The van der Waals surface area contributed by atoms with Crippen molar-refractivity contribution in [1.29, 1.82) is 0 Å². The van der Waals surface area contributed by atoms with Gasteiger partial charge in [-0.25, -0.2) is 9.67 Å². The summed E-state index contributed by atoms with van der Waals surface area (Å²) in [7, 11) is 3.24. The van der Waals surface area contributed by atoms with Crippen LogP contribution in [0.4, 0.5) is 5.82 Å². The van der Waals surface area contributed by atoms with Crippen molar-refractivity contribution in [2.75, 3.05) is 12.4 Å². The Bertz CT molecular complexity index is 1050. The lowest BCUT2D eigenvalue weighted by atomic mass is 10.0. The molecule has 31 heavy (non-hydrogen) atoms. The first-order chi connectivity index (χ1) is 15.0. The Labute approximate surface area is 180 Å². The fourth-order valence-electron chi connectivity index (χ4n) is 2.69. The number of aromatic nitrogens is 5. The van der Waals surface area contributed by atoms with E-state index in [4.69, 9.17) is 9.57 Å². The number of tetrazole rings is 1. The first kappa shape index (κ1) is 22.0. The van der Waals surface area contributed by atoms with Crippen LogP contribution in [0.5, 0.6) is 0 Å². The van der Waals surface area contributed by atoms with Crippen molar-refractivity contribution in [3.63, 3.8) is 0 Å². The monoisotopic (exact) mass is 423 g/mol. The molecule has 1 atom stereocenters. The van der Waals surface area contributed by atoms with E-state index in [0.717, 1.165) is 5.56 Å². The molecule has 0 aliphatic carbocycles. The number of methoxy groups -OCH3 is 1. The molecule has 3 aromatic rings. The third kappa shape index (κ3) is 5.28. The van der Waals surface area contributed by atoms with Crippen LogP contribution < -0.4 is 5.32 Å². The number of ether oxygens (including phenoxy) is 1. The summed E-state index contributed by atoms with van der Waals surface area (Å²) in [5.74, 6) is 0.619. The molecule has 1 aromatic carbocycles. The minimum Gasteiger partial charge on any atom is -0.389 e. The highest BCUT2D eigenvalue weighted by molar-refractivity contribution is 6.10. The molecular formula is C21H25N7O3. The van der Waals surface area contributed by atoms with Crippen LogP contribution in [0.25, 0.3) is 0 Å². The topological polar surface area (TPSA) is 116 Å². The van der Waals surface area contributed by atoms with Gasteiger partial charge in [0.2, 0.25) is 5.82 Å². The minimum atomic E-state index is -0.923. The number of benzene rings is 1. The zero-order chi connectivity index (χ0) is 22.3. The maximum atomic E-state index is 12.5. The molecule has 0 spiro atoms. The Kier molecular flexibility index (Phi) is 7.03. The Morgan fingerprint density at radius 1 is 1.19 bits per heavy atom. The Morgan fingerprint density at radius 3 is 2.61 bits per heavy atom. The van der Waals surface area contributed by atoms with Crippen molar-refractivity contribution < 1.29 is 14.4 Å². The van der Waals surface area contributed by atoms with Crippen molar-refractivity contribution in [3.8, 4) is 0 Å². The molecule has 0 aliphatic heterocycles. The average molecular weight is 423 g/mol. The lowest BCUT2D eigenvalue weighted by molar-refractivity contribution is -0.136. The number of anilines is 1. The van der Waals surface area contributed by atoms with E-state index < -0.39 is 5.60 Å². The number of oxime groups is 1. The van der Waals surface area contributed by atoms with Crippen LogP contribution >= 0.6 is 0 Å². The molecule has 0 radical (unpaired) electrons. The SMILES string of the molecule is CCC(C)(OC)C(=O)Nc1cccc(CO/N=C(/c2ccccc2)c2nnnn2C)n1. The highest BCUT2D eigenvalue weighted by Gasteiger charge is 2.31. The molecule has 3 rings (SSSR count). The van der Waals surface area contributed by atoms with E-state index in [-0.39, 0.29) is 12.5 Å². The highest BCUT2D eigenvalue weighted by Crippen LogP contribution is 2.17. The predicted molar refractivity (Wildman–Crippen MR) is 114 cm³/mol.